The number of aliphatic hydroxyl groups is 4. The molecule has 0 bridgehead atoms. The van der Waals surface area contributed by atoms with Gasteiger partial charge in [-0.25, -0.2) is 0 Å². The number of ether oxygens (including phenoxy) is 2. The molecule has 4 N–H and O–H groups in total. The quantitative estimate of drug-likeness (QED) is 0.429. The average Bonchev–Trinajstić information content (AvgIpc) is 3.17. The molecule has 8 heteroatoms. The molecule has 1 aliphatic rings. The number of aromatic nitrogens is 2. The SMILES string of the molecule is Cc1cccc(CCc2cccc3c2c(O[C@@H]2O[C@H](CO)[C@@H](O)[C@H](O)[C@H]2O)nn3C(C)C)c1. The minimum Gasteiger partial charge on any atom is -0.443 e. The molecular weight excluding hydrogens is 424 g/mol. The van der Waals surface area contributed by atoms with E-state index in [-0.39, 0.29) is 11.9 Å². The highest BCUT2D eigenvalue weighted by Crippen LogP contribution is 2.34. The van der Waals surface area contributed by atoms with Crippen molar-refractivity contribution in [2.75, 3.05) is 6.61 Å². The first-order valence-electron chi connectivity index (χ1n) is 11.3. The predicted molar refractivity (Wildman–Crippen MR) is 123 cm³/mol. The average molecular weight is 457 g/mol. The van der Waals surface area contributed by atoms with Crippen LogP contribution in [0.3, 0.4) is 0 Å². The van der Waals surface area contributed by atoms with Gasteiger partial charge in [0, 0.05) is 6.04 Å². The van der Waals surface area contributed by atoms with Gasteiger partial charge in [0.25, 0.3) is 0 Å². The summed E-state index contributed by atoms with van der Waals surface area (Å²) in [7, 11) is 0. The molecule has 5 atom stereocenters. The summed E-state index contributed by atoms with van der Waals surface area (Å²) in [5, 5.41) is 45.6. The summed E-state index contributed by atoms with van der Waals surface area (Å²) in [4.78, 5) is 0. The van der Waals surface area contributed by atoms with Gasteiger partial charge < -0.3 is 29.9 Å². The molecule has 1 aliphatic heterocycles. The molecule has 0 spiro atoms. The van der Waals surface area contributed by atoms with Crippen LogP contribution >= 0.6 is 0 Å². The number of fused-ring (bicyclic) bond motifs is 1. The molecular formula is C25H32N2O6. The van der Waals surface area contributed by atoms with Crippen LogP contribution in [0.1, 0.15) is 36.6 Å². The molecule has 2 aromatic carbocycles. The Hall–Kier alpha value is -2.49. The van der Waals surface area contributed by atoms with Gasteiger partial charge in [-0.3, -0.25) is 4.68 Å². The summed E-state index contributed by atoms with van der Waals surface area (Å²) in [6.45, 7) is 5.59. The molecule has 3 aromatic rings. The van der Waals surface area contributed by atoms with Crippen molar-refractivity contribution in [3.63, 3.8) is 0 Å². The largest absolute Gasteiger partial charge is 0.443 e. The number of hydrogen-bond donors (Lipinski definition) is 4. The predicted octanol–water partition coefficient (Wildman–Crippen LogP) is 1.89. The molecule has 0 amide bonds. The molecule has 2 heterocycles. The van der Waals surface area contributed by atoms with Crippen molar-refractivity contribution in [1.29, 1.82) is 0 Å². The van der Waals surface area contributed by atoms with E-state index >= 15 is 0 Å². The van der Waals surface area contributed by atoms with Gasteiger partial charge in [-0.1, -0.05) is 42.0 Å². The molecule has 0 aliphatic carbocycles. The Balaban J connectivity index is 1.68. The summed E-state index contributed by atoms with van der Waals surface area (Å²) < 4.78 is 13.4. The van der Waals surface area contributed by atoms with Gasteiger partial charge in [-0.05, 0) is 50.8 Å². The van der Waals surface area contributed by atoms with Gasteiger partial charge in [-0.15, -0.1) is 5.10 Å². The Morgan fingerprint density at radius 3 is 2.48 bits per heavy atom. The van der Waals surface area contributed by atoms with Crippen molar-refractivity contribution in [3.05, 3.63) is 59.2 Å². The summed E-state index contributed by atoms with van der Waals surface area (Å²) in [5.74, 6) is 0.280. The molecule has 0 radical (unpaired) electrons. The van der Waals surface area contributed by atoms with Crippen LogP contribution in [0.15, 0.2) is 42.5 Å². The van der Waals surface area contributed by atoms with E-state index in [4.69, 9.17) is 9.47 Å². The van der Waals surface area contributed by atoms with Crippen LogP contribution < -0.4 is 4.74 Å². The van der Waals surface area contributed by atoms with E-state index in [1.807, 2.05) is 36.7 Å². The monoisotopic (exact) mass is 456 g/mol. The van der Waals surface area contributed by atoms with Gasteiger partial charge >= 0.3 is 0 Å². The maximum atomic E-state index is 10.4. The molecule has 1 fully saturated rings. The van der Waals surface area contributed by atoms with Crippen molar-refractivity contribution >= 4 is 10.9 Å². The van der Waals surface area contributed by atoms with Crippen LogP contribution in [0.5, 0.6) is 5.88 Å². The van der Waals surface area contributed by atoms with Crippen molar-refractivity contribution in [2.24, 2.45) is 0 Å². The van der Waals surface area contributed by atoms with Crippen LogP contribution in [-0.4, -0.2) is 67.5 Å². The second kappa shape index (κ2) is 9.79. The van der Waals surface area contributed by atoms with Crippen LogP contribution in [0.25, 0.3) is 10.9 Å². The second-order valence-corrected chi connectivity index (χ2v) is 8.96. The Morgan fingerprint density at radius 2 is 1.79 bits per heavy atom. The first kappa shape index (κ1) is 23.7. The fourth-order valence-electron chi connectivity index (χ4n) is 4.33. The minimum atomic E-state index is -1.51. The smallest absolute Gasteiger partial charge is 0.243 e. The standard InChI is InChI=1S/C25H32N2O6/c1-14(2)27-18-9-5-8-17(11-10-16-7-4-6-15(3)12-16)20(18)24(26-27)33-25-23(31)22(30)21(29)19(13-28)32-25/h4-9,12,14,19,21-23,25,28-31H,10-11,13H2,1-3H3/t19-,21-,22+,23-,25+/m1/s1. The zero-order valence-corrected chi connectivity index (χ0v) is 19.1. The lowest BCUT2D eigenvalue weighted by Crippen LogP contribution is -2.60. The highest BCUT2D eigenvalue weighted by Gasteiger charge is 2.45. The van der Waals surface area contributed by atoms with Crippen LogP contribution in [0.4, 0.5) is 0 Å². The Labute approximate surface area is 193 Å². The fourth-order valence-corrected chi connectivity index (χ4v) is 4.33. The van der Waals surface area contributed by atoms with Crippen LogP contribution in [0.2, 0.25) is 0 Å². The van der Waals surface area contributed by atoms with E-state index in [0.29, 0.717) is 0 Å². The number of aliphatic hydroxyl groups excluding tert-OH is 4. The van der Waals surface area contributed by atoms with Gasteiger partial charge in [0.15, 0.2) is 0 Å². The normalized spacial score (nSPS) is 25.6. The summed E-state index contributed by atoms with van der Waals surface area (Å²) in [5.41, 5.74) is 4.39. The molecule has 8 nitrogen and oxygen atoms in total. The maximum Gasteiger partial charge on any atom is 0.243 e. The van der Waals surface area contributed by atoms with Gasteiger partial charge in [0.2, 0.25) is 12.2 Å². The summed E-state index contributed by atoms with van der Waals surface area (Å²) >= 11 is 0. The zero-order valence-electron chi connectivity index (χ0n) is 19.1. The van der Waals surface area contributed by atoms with Gasteiger partial charge in [0.05, 0.1) is 17.5 Å². The van der Waals surface area contributed by atoms with E-state index in [1.165, 1.54) is 11.1 Å². The van der Waals surface area contributed by atoms with E-state index < -0.39 is 37.3 Å². The minimum absolute atomic E-state index is 0.0617. The van der Waals surface area contributed by atoms with E-state index in [9.17, 15) is 20.4 Å². The van der Waals surface area contributed by atoms with E-state index in [2.05, 4.69) is 36.3 Å². The third kappa shape index (κ3) is 4.76. The van der Waals surface area contributed by atoms with Crippen molar-refractivity contribution in [2.45, 2.75) is 70.4 Å². The Morgan fingerprint density at radius 1 is 1.03 bits per heavy atom. The van der Waals surface area contributed by atoms with Crippen LogP contribution in [0, 0.1) is 6.92 Å². The lowest BCUT2D eigenvalue weighted by molar-refractivity contribution is -0.278. The summed E-state index contributed by atoms with van der Waals surface area (Å²) in [6.07, 6.45) is -5.19. The summed E-state index contributed by atoms with van der Waals surface area (Å²) in [6, 6.07) is 14.5. The van der Waals surface area contributed by atoms with Crippen molar-refractivity contribution < 1.29 is 29.9 Å². The molecule has 0 unspecified atom stereocenters. The third-order valence-corrected chi connectivity index (χ3v) is 6.12. The number of hydrogen-bond acceptors (Lipinski definition) is 7. The topological polar surface area (TPSA) is 117 Å². The first-order chi connectivity index (χ1) is 15.8. The molecule has 0 saturated carbocycles. The van der Waals surface area contributed by atoms with E-state index in [1.54, 1.807) is 0 Å². The maximum absolute atomic E-state index is 10.4. The number of benzene rings is 2. The zero-order chi connectivity index (χ0) is 23.7. The Bertz CT molecular complexity index is 1100. The molecule has 1 aromatic heterocycles. The van der Waals surface area contributed by atoms with Gasteiger partial charge in [0.1, 0.15) is 24.4 Å². The Kier molecular flexibility index (Phi) is 7.02. The number of nitrogens with zero attached hydrogens (tertiary/aromatic N) is 2. The molecule has 33 heavy (non-hydrogen) atoms. The lowest BCUT2D eigenvalue weighted by Gasteiger charge is -2.39. The highest BCUT2D eigenvalue weighted by molar-refractivity contribution is 5.88. The molecule has 4 rings (SSSR count). The van der Waals surface area contributed by atoms with Gasteiger partial charge in [-0.2, -0.15) is 0 Å². The van der Waals surface area contributed by atoms with Crippen molar-refractivity contribution in [1.82, 2.24) is 9.78 Å². The van der Waals surface area contributed by atoms with Crippen LogP contribution in [-0.2, 0) is 17.6 Å². The number of aryl methyl sites for hydroxylation is 3. The van der Waals surface area contributed by atoms with Crippen molar-refractivity contribution in [3.8, 4) is 5.88 Å². The highest BCUT2D eigenvalue weighted by atomic mass is 16.7. The number of rotatable bonds is 7. The second-order valence-electron chi connectivity index (χ2n) is 8.96. The first-order valence-corrected chi connectivity index (χ1v) is 11.3. The van der Waals surface area contributed by atoms with E-state index in [0.717, 1.165) is 29.3 Å². The molecule has 1 saturated heterocycles. The fraction of sp³-hybridized carbons (Fsp3) is 0.480. The molecule has 178 valence electrons. The lowest BCUT2D eigenvalue weighted by atomic mass is 9.99. The third-order valence-electron chi connectivity index (χ3n) is 6.12.